The summed E-state index contributed by atoms with van der Waals surface area (Å²) < 4.78 is 33.3. The van der Waals surface area contributed by atoms with Crippen molar-refractivity contribution in [1.82, 2.24) is 15.6 Å². The Hall–Kier alpha value is -3.66. The van der Waals surface area contributed by atoms with Crippen molar-refractivity contribution in [1.29, 1.82) is 0 Å². The van der Waals surface area contributed by atoms with E-state index in [0.29, 0.717) is 23.7 Å². The number of carbonyl (C=O) groups excluding carboxylic acids is 1. The van der Waals surface area contributed by atoms with Crippen LogP contribution in [0.4, 0.5) is 8.78 Å². The Bertz CT molecular complexity index is 1470. The van der Waals surface area contributed by atoms with Crippen LogP contribution in [0.25, 0.3) is 10.6 Å². The fourth-order valence-corrected chi connectivity index (χ4v) is 5.60. The lowest BCUT2D eigenvalue weighted by atomic mass is 10.00. The van der Waals surface area contributed by atoms with E-state index in [0.717, 1.165) is 41.3 Å². The molecular formula is C31H31F2N3O3S. The number of nitrogens with one attached hydrogen (secondary N) is 2. The van der Waals surface area contributed by atoms with Crippen LogP contribution in [0.3, 0.4) is 0 Å². The van der Waals surface area contributed by atoms with Gasteiger partial charge in [-0.2, -0.15) is 0 Å². The summed E-state index contributed by atoms with van der Waals surface area (Å²) in [6, 6.07) is 16.4. The molecule has 2 heterocycles. The van der Waals surface area contributed by atoms with E-state index in [2.05, 4.69) is 34.7 Å². The highest BCUT2D eigenvalue weighted by Gasteiger charge is 2.24. The zero-order valence-electron chi connectivity index (χ0n) is 22.1. The van der Waals surface area contributed by atoms with Crippen LogP contribution < -0.4 is 15.4 Å². The van der Waals surface area contributed by atoms with Gasteiger partial charge in [-0.05, 0) is 65.4 Å². The maximum Gasteiger partial charge on any atom is 0.271 e. The highest BCUT2D eigenvalue weighted by Crippen LogP contribution is 2.32. The predicted octanol–water partition coefficient (Wildman–Crippen LogP) is 5.08. The van der Waals surface area contributed by atoms with Gasteiger partial charge in [-0.1, -0.05) is 31.2 Å². The molecule has 1 aromatic heterocycles. The highest BCUT2D eigenvalue weighted by molar-refractivity contribution is 7.13. The molecule has 1 aliphatic heterocycles. The Kier molecular flexibility index (Phi) is 8.84. The lowest BCUT2D eigenvalue weighted by Gasteiger charge is -2.24. The number of benzene rings is 3. The van der Waals surface area contributed by atoms with E-state index in [1.165, 1.54) is 29.0 Å². The van der Waals surface area contributed by atoms with Crippen molar-refractivity contribution < 1.29 is 23.4 Å². The van der Waals surface area contributed by atoms with Gasteiger partial charge < -0.3 is 20.5 Å². The molecule has 208 valence electrons. The van der Waals surface area contributed by atoms with Gasteiger partial charge in [-0.15, -0.1) is 11.3 Å². The summed E-state index contributed by atoms with van der Waals surface area (Å²) >= 11 is 1.35. The molecule has 0 saturated carbocycles. The predicted molar refractivity (Wildman–Crippen MR) is 152 cm³/mol. The molecule has 0 saturated heterocycles. The van der Waals surface area contributed by atoms with Gasteiger partial charge in [0, 0.05) is 36.5 Å². The molecule has 5 rings (SSSR count). The van der Waals surface area contributed by atoms with Crippen molar-refractivity contribution in [3.05, 3.63) is 106 Å². The molecule has 9 heteroatoms. The fraction of sp³-hybridized carbons (Fsp3) is 0.290. The SMILES string of the molecule is CCc1cccc(CNC[C@H](O)[C@H](Cc2cc(F)cc(F)c2)NC(=O)c2csc(-c3ccc4c(c3)CCO4)n2)c1. The summed E-state index contributed by atoms with van der Waals surface area (Å²) in [6.07, 6.45) is 0.768. The van der Waals surface area contributed by atoms with Gasteiger partial charge in [0.25, 0.3) is 5.91 Å². The van der Waals surface area contributed by atoms with E-state index < -0.39 is 29.7 Å². The topological polar surface area (TPSA) is 83.5 Å². The minimum atomic E-state index is -1.03. The summed E-state index contributed by atoms with van der Waals surface area (Å²) in [5.41, 5.74) is 4.84. The lowest BCUT2D eigenvalue weighted by Crippen LogP contribution is -2.48. The van der Waals surface area contributed by atoms with Crippen LogP contribution in [-0.2, 0) is 25.8 Å². The van der Waals surface area contributed by atoms with Crippen LogP contribution in [0.15, 0.2) is 66.0 Å². The van der Waals surface area contributed by atoms with Crippen molar-refractivity contribution in [2.45, 2.75) is 44.9 Å². The van der Waals surface area contributed by atoms with Gasteiger partial charge in [0.15, 0.2) is 0 Å². The van der Waals surface area contributed by atoms with Crippen LogP contribution in [0.1, 0.15) is 39.7 Å². The Balaban J connectivity index is 1.28. The Labute approximate surface area is 236 Å². The molecule has 1 aliphatic rings. The largest absolute Gasteiger partial charge is 0.493 e. The second-order valence-corrected chi connectivity index (χ2v) is 10.8. The summed E-state index contributed by atoms with van der Waals surface area (Å²) in [5, 5.41) is 19.5. The first kappa shape index (κ1) is 27.9. The van der Waals surface area contributed by atoms with Gasteiger partial charge in [-0.3, -0.25) is 4.79 Å². The standard InChI is InChI=1S/C31H31F2N3O3S/c1-2-19-4-3-5-20(10-19)16-34-17-28(37)26(13-21-11-24(32)15-25(33)12-21)35-30(38)27-18-40-31(36-27)23-6-7-29-22(14-23)8-9-39-29/h3-7,10-12,14-15,18,26,28,34,37H,2,8-9,13,16-17H2,1H3,(H,35,38)/t26-,28-/m0/s1. The number of amides is 1. The minimum absolute atomic E-state index is 0.0381. The zero-order valence-corrected chi connectivity index (χ0v) is 22.9. The van der Waals surface area contributed by atoms with Gasteiger partial charge in [0.1, 0.15) is 28.1 Å². The van der Waals surface area contributed by atoms with Crippen LogP contribution >= 0.6 is 11.3 Å². The van der Waals surface area contributed by atoms with Crippen molar-refractivity contribution in [2.24, 2.45) is 0 Å². The molecule has 4 aromatic rings. The molecule has 0 bridgehead atoms. The van der Waals surface area contributed by atoms with Crippen molar-refractivity contribution in [2.75, 3.05) is 13.2 Å². The molecule has 0 aliphatic carbocycles. The number of aliphatic hydroxyl groups excluding tert-OH is 1. The van der Waals surface area contributed by atoms with E-state index in [9.17, 15) is 18.7 Å². The van der Waals surface area contributed by atoms with E-state index in [1.54, 1.807) is 5.38 Å². The molecule has 2 atom stereocenters. The first-order valence-electron chi connectivity index (χ1n) is 13.3. The van der Waals surface area contributed by atoms with E-state index in [-0.39, 0.29) is 18.7 Å². The van der Waals surface area contributed by atoms with Gasteiger partial charge in [-0.25, -0.2) is 13.8 Å². The third-order valence-electron chi connectivity index (χ3n) is 6.91. The molecule has 0 unspecified atom stereocenters. The monoisotopic (exact) mass is 563 g/mol. The van der Waals surface area contributed by atoms with Gasteiger partial charge >= 0.3 is 0 Å². The van der Waals surface area contributed by atoms with Crippen molar-refractivity contribution in [3.63, 3.8) is 0 Å². The molecule has 1 amide bonds. The molecular weight excluding hydrogens is 532 g/mol. The summed E-state index contributed by atoms with van der Waals surface area (Å²) in [4.78, 5) is 17.7. The number of carbonyl (C=O) groups is 1. The zero-order chi connectivity index (χ0) is 28.1. The average molecular weight is 564 g/mol. The molecule has 3 aromatic carbocycles. The smallest absolute Gasteiger partial charge is 0.271 e. The summed E-state index contributed by atoms with van der Waals surface area (Å²) in [7, 11) is 0. The maximum atomic E-state index is 13.9. The molecule has 0 spiro atoms. The third-order valence-corrected chi connectivity index (χ3v) is 7.81. The Morgan fingerprint density at radius 1 is 1.07 bits per heavy atom. The third kappa shape index (κ3) is 6.91. The Morgan fingerprint density at radius 2 is 1.88 bits per heavy atom. The summed E-state index contributed by atoms with van der Waals surface area (Å²) in [6.45, 7) is 3.44. The minimum Gasteiger partial charge on any atom is -0.493 e. The number of aryl methyl sites for hydroxylation is 1. The first-order valence-corrected chi connectivity index (χ1v) is 14.2. The highest BCUT2D eigenvalue weighted by atomic mass is 32.1. The summed E-state index contributed by atoms with van der Waals surface area (Å²) in [5.74, 6) is -1.03. The van der Waals surface area contributed by atoms with E-state index in [1.807, 2.05) is 30.3 Å². The lowest BCUT2D eigenvalue weighted by molar-refractivity contribution is 0.0826. The molecule has 40 heavy (non-hydrogen) atoms. The molecule has 6 nitrogen and oxygen atoms in total. The molecule has 0 fully saturated rings. The van der Waals surface area contributed by atoms with Crippen molar-refractivity contribution in [3.8, 4) is 16.3 Å². The number of rotatable bonds is 11. The number of ether oxygens (including phenoxy) is 1. The van der Waals surface area contributed by atoms with Crippen LogP contribution in [0.5, 0.6) is 5.75 Å². The second kappa shape index (κ2) is 12.7. The number of halogens is 2. The number of aliphatic hydroxyl groups is 1. The molecule has 3 N–H and O–H groups in total. The number of hydrogen-bond donors (Lipinski definition) is 3. The van der Waals surface area contributed by atoms with Gasteiger partial charge in [0.2, 0.25) is 0 Å². The number of nitrogens with zero attached hydrogens (tertiary/aromatic N) is 1. The van der Waals surface area contributed by atoms with E-state index in [4.69, 9.17) is 4.74 Å². The normalized spacial score (nSPS) is 13.9. The number of thiazole rings is 1. The fourth-order valence-electron chi connectivity index (χ4n) is 4.80. The van der Waals surface area contributed by atoms with Crippen molar-refractivity contribution >= 4 is 17.2 Å². The maximum absolute atomic E-state index is 13.9. The Morgan fingerprint density at radius 3 is 2.67 bits per heavy atom. The van der Waals surface area contributed by atoms with E-state index >= 15 is 0 Å². The molecule has 0 radical (unpaired) electrons. The number of hydrogen-bond acceptors (Lipinski definition) is 6. The number of aromatic nitrogens is 1. The van der Waals surface area contributed by atoms with Crippen LogP contribution in [0.2, 0.25) is 0 Å². The number of fused-ring (bicyclic) bond motifs is 1. The second-order valence-electron chi connectivity index (χ2n) is 9.89. The first-order chi connectivity index (χ1) is 19.4. The quantitative estimate of drug-likeness (QED) is 0.237. The van der Waals surface area contributed by atoms with Gasteiger partial charge in [0.05, 0.1) is 18.8 Å². The average Bonchev–Trinajstić information content (AvgIpc) is 3.62. The van der Waals surface area contributed by atoms with Crippen LogP contribution in [-0.4, -0.2) is 41.3 Å². The van der Waals surface area contributed by atoms with Crippen LogP contribution in [0, 0.1) is 11.6 Å².